The van der Waals surface area contributed by atoms with Crippen LogP contribution in [0.25, 0.3) is 5.57 Å². The summed E-state index contributed by atoms with van der Waals surface area (Å²) < 4.78 is 13.2. The minimum absolute atomic E-state index is 0.151. The van der Waals surface area contributed by atoms with E-state index in [2.05, 4.69) is 0 Å². The van der Waals surface area contributed by atoms with Crippen LogP contribution >= 0.6 is 0 Å². The van der Waals surface area contributed by atoms with Gasteiger partial charge >= 0.3 is 0 Å². The van der Waals surface area contributed by atoms with E-state index >= 15 is 0 Å². The molecule has 0 saturated heterocycles. The fraction of sp³-hybridized carbons (Fsp3) is 0.308. The second kappa shape index (κ2) is 3.97. The molecule has 0 aliphatic heterocycles. The van der Waals surface area contributed by atoms with E-state index in [0.717, 1.165) is 29.5 Å². The molecular formula is C13H13FO. The van der Waals surface area contributed by atoms with Gasteiger partial charge in [0.05, 0.1) is 0 Å². The lowest BCUT2D eigenvalue weighted by atomic mass is 9.92. The summed E-state index contributed by atoms with van der Waals surface area (Å²) in [7, 11) is 0. The predicted molar refractivity (Wildman–Crippen MR) is 58.0 cm³/mol. The average Bonchev–Trinajstić information content (AvgIpc) is 2.16. The number of hydrogen-bond donors (Lipinski definition) is 0. The normalized spacial score (nSPS) is 16.4. The Labute approximate surface area is 88.6 Å². The highest BCUT2D eigenvalue weighted by molar-refractivity contribution is 5.98. The first kappa shape index (κ1) is 10.1. The molecule has 1 aromatic rings. The zero-order valence-electron chi connectivity index (χ0n) is 8.72. The fourth-order valence-electron chi connectivity index (χ4n) is 1.94. The molecule has 1 aliphatic carbocycles. The van der Waals surface area contributed by atoms with Gasteiger partial charge in [-0.05, 0) is 54.7 Å². The summed E-state index contributed by atoms with van der Waals surface area (Å²) in [5, 5.41) is 0. The molecule has 2 rings (SSSR count). The lowest BCUT2D eigenvalue weighted by Gasteiger charge is -2.12. The Bertz CT molecular complexity index is 412. The van der Waals surface area contributed by atoms with E-state index in [0.29, 0.717) is 6.42 Å². The first-order valence-corrected chi connectivity index (χ1v) is 5.16. The third-order valence-corrected chi connectivity index (χ3v) is 2.62. The maximum Gasteiger partial charge on any atom is 0.155 e. The SMILES string of the molecule is Cc1cc(F)cc(C2=CC(=O)CCC2)c1. The number of halogens is 1. The summed E-state index contributed by atoms with van der Waals surface area (Å²) in [5.41, 5.74) is 2.71. The number of ketones is 1. The molecule has 0 saturated carbocycles. The first-order valence-electron chi connectivity index (χ1n) is 5.16. The summed E-state index contributed by atoms with van der Waals surface area (Å²) in [6, 6.07) is 4.92. The molecule has 0 unspecified atom stereocenters. The van der Waals surface area contributed by atoms with Crippen LogP contribution < -0.4 is 0 Å². The summed E-state index contributed by atoms with van der Waals surface area (Å²) in [6.07, 6.45) is 4.02. The number of aryl methyl sites for hydroxylation is 1. The van der Waals surface area contributed by atoms with Crippen molar-refractivity contribution in [1.29, 1.82) is 0 Å². The van der Waals surface area contributed by atoms with E-state index < -0.39 is 0 Å². The fourth-order valence-corrected chi connectivity index (χ4v) is 1.94. The van der Waals surface area contributed by atoms with Crippen LogP contribution in [0.1, 0.15) is 30.4 Å². The highest BCUT2D eigenvalue weighted by Gasteiger charge is 2.12. The van der Waals surface area contributed by atoms with E-state index in [1.54, 1.807) is 6.08 Å². The van der Waals surface area contributed by atoms with E-state index in [1.807, 2.05) is 13.0 Å². The van der Waals surface area contributed by atoms with Gasteiger partial charge in [0.2, 0.25) is 0 Å². The summed E-state index contributed by atoms with van der Waals surface area (Å²) in [6.45, 7) is 1.86. The number of carbonyl (C=O) groups excluding carboxylic acids is 1. The summed E-state index contributed by atoms with van der Waals surface area (Å²) >= 11 is 0. The highest BCUT2D eigenvalue weighted by atomic mass is 19.1. The number of rotatable bonds is 1. The van der Waals surface area contributed by atoms with Crippen LogP contribution in [0, 0.1) is 12.7 Å². The monoisotopic (exact) mass is 204 g/mol. The molecule has 0 atom stereocenters. The molecular weight excluding hydrogens is 191 g/mol. The zero-order valence-corrected chi connectivity index (χ0v) is 8.72. The second-order valence-electron chi connectivity index (χ2n) is 4.01. The van der Waals surface area contributed by atoms with E-state index in [-0.39, 0.29) is 11.6 Å². The molecule has 0 amide bonds. The molecule has 0 N–H and O–H groups in total. The Morgan fingerprint density at radius 3 is 2.67 bits per heavy atom. The van der Waals surface area contributed by atoms with Gasteiger partial charge in [-0.2, -0.15) is 0 Å². The zero-order chi connectivity index (χ0) is 10.8. The smallest absolute Gasteiger partial charge is 0.155 e. The highest BCUT2D eigenvalue weighted by Crippen LogP contribution is 2.26. The lowest BCUT2D eigenvalue weighted by molar-refractivity contribution is -0.114. The molecule has 0 fully saturated rings. The van der Waals surface area contributed by atoms with Crippen molar-refractivity contribution in [3.05, 3.63) is 41.2 Å². The van der Waals surface area contributed by atoms with Gasteiger partial charge in [-0.3, -0.25) is 4.79 Å². The second-order valence-corrected chi connectivity index (χ2v) is 4.01. The average molecular weight is 204 g/mol. The number of carbonyl (C=O) groups is 1. The molecule has 0 heterocycles. The maximum atomic E-state index is 13.2. The quantitative estimate of drug-likeness (QED) is 0.686. The van der Waals surface area contributed by atoms with Crippen molar-refractivity contribution in [2.75, 3.05) is 0 Å². The van der Waals surface area contributed by atoms with Crippen LogP contribution in [0.5, 0.6) is 0 Å². The number of hydrogen-bond acceptors (Lipinski definition) is 1. The van der Waals surface area contributed by atoms with Gasteiger partial charge < -0.3 is 0 Å². The van der Waals surface area contributed by atoms with E-state index in [9.17, 15) is 9.18 Å². The van der Waals surface area contributed by atoms with Crippen LogP contribution in [-0.4, -0.2) is 5.78 Å². The number of benzene rings is 1. The number of allylic oxidation sites excluding steroid dienone is 2. The van der Waals surface area contributed by atoms with Gasteiger partial charge in [0.25, 0.3) is 0 Å². The lowest BCUT2D eigenvalue weighted by Crippen LogP contribution is -2.02. The molecule has 1 nitrogen and oxygen atoms in total. The van der Waals surface area contributed by atoms with Crippen molar-refractivity contribution in [3.63, 3.8) is 0 Å². The van der Waals surface area contributed by atoms with Crippen LogP contribution in [0.4, 0.5) is 4.39 Å². The van der Waals surface area contributed by atoms with Gasteiger partial charge in [0, 0.05) is 6.42 Å². The summed E-state index contributed by atoms with van der Waals surface area (Å²) in [5.74, 6) is -0.0814. The van der Waals surface area contributed by atoms with Gasteiger partial charge in [-0.1, -0.05) is 6.07 Å². The van der Waals surface area contributed by atoms with E-state index in [4.69, 9.17) is 0 Å². The molecule has 0 spiro atoms. The molecule has 0 aromatic heterocycles. The molecule has 2 heteroatoms. The topological polar surface area (TPSA) is 17.1 Å². The Morgan fingerprint density at radius 2 is 2.00 bits per heavy atom. The Kier molecular flexibility index (Phi) is 2.67. The van der Waals surface area contributed by atoms with Crippen LogP contribution in [0.3, 0.4) is 0 Å². The Morgan fingerprint density at radius 1 is 1.20 bits per heavy atom. The van der Waals surface area contributed by atoms with Crippen molar-refractivity contribution in [3.8, 4) is 0 Å². The minimum atomic E-state index is -0.232. The molecule has 0 bridgehead atoms. The van der Waals surface area contributed by atoms with Crippen LogP contribution in [-0.2, 0) is 4.79 Å². The minimum Gasteiger partial charge on any atom is -0.295 e. The van der Waals surface area contributed by atoms with Gasteiger partial charge in [-0.15, -0.1) is 0 Å². The van der Waals surface area contributed by atoms with Crippen molar-refractivity contribution in [2.45, 2.75) is 26.2 Å². The summed E-state index contributed by atoms with van der Waals surface area (Å²) in [4.78, 5) is 11.2. The maximum absolute atomic E-state index is 13.2. The van der Waals surface area contributed by atoms with Crippen LogP contribution in [0.2, 0.25) is 0 Å². The molecule has 0 radical (unpaired) electrons. The van der Waals surface area contributed by atoms with Gasteiger partial charge in [-0.25, -0.2) is 4.39 Å². The Balaban J connectivity index is 2.40. The van der Waals surface area contributed by atoms with Crippen molar-refractivity contribution < 1.29 is 9.18 Å². The van der Waals surface area contributed by atoms with Crippen molar-refractivity contribution in [2.24, 2.45) is 0 Å². The van der Waals surface area contributed by atoms with Gasteiger partial charge in [0.1, 0.15) is 5.82 Å². The van der Waals surface area contributed by atoms with Crippen LogP contribution in [0.15, 0.2) is 24.3 Å². The van der Waals surface area contributed by atoms with Gasteiger partial charge in [0.15, 0.2) is 5.78 Å². The third-order valence-electron chi connectivity index (χ3n) is 2.62. The predicted octanol–water partition coefficient (Wildman–Crippen LogP) is 3.27. The standard InChI is InChI=1S/C13H13FO/c1-9-5-11(7-12(14)6-9)10-3-2-4-13(15)8-10/h5-8H,2-4H2,1H3. The Hall–Kier alpha value is -1.44. The largest absolute Gasteiger partial charge is 0.295 e. The third kappa shape index (κ3) is 2.32. The molecule has 78 valence electrons. The molecule has 1 aliphatic rings. The molecule has 1 aromatic carbocycles. The molecule has 15 heavy (non-hydrogen) atoms. The van der Waals surface area contributed by atoms with Crippen molar-refractivity contribution >= 4 is 11.4 Å². The van der Waals surface area contributed by atoms with E-state index in [1.165, 1.54) is 12.1 Å². The van der Waals surface area contributed by atoms with Crippen molar-refractivity contribution in [1.82, 2.24) is 0 Å². The first-order chi connectivity index (χ1) is 7.15.